The van der Waals surface area contributed by atoms with Crippen LogP contribution in [0.1, 0.15) is 5.56 Å². The number of benzene rings is 1. The molecule has 5 heteroatoms. The number of likely N-dealkylation sites (tertiary alicyclic amines) is 1. The summed E-state index contributed by atoms with van der Waals surface area (Å²) in [5, 5.41) is 8.90. The molecule has 27 heavy (non-hydrogen) atoms. The third-order valence-electron chi connectivity index (χ3n) is 5.74. The smallest absolute Gasteiger partial charge is 0.151 e. The summed E-state index contributed by atoms with van der Waals surface area (Å²) in [6, 6.07) is 18.9. The Morgan fingerprint density at radius 3 is 2.30 bits per heavy atom. The van der Waals surface area contributed by atoms with Crippen LogP contribution in [0.25, 0.3) is 11.3 Å². The largest absolute Gasteiger partial charge is 0.354 e. The van der Waals surface area contributed by atoms with Crippen LogP contribution >= 0.6 is 0 Å². The van der Waals surface area contributed by atoms with Gasteiger partial charge in [-0.25, -0.2) is 0 Å². The summed E-state index contributed by atoms with van der Waals surface area (Å²) in [5.41, 5.74) is 3.29. The molecule has 0 N–H and O–H groups in total. The van der Waals surface area contributed by atoms with E-state index in [0.717, 1.165) is 48.5 Å². The van der Waals surface area contributed by atoms with Crippen molar-refractivity contribution in [2.75, 3.05) is 31.1 Å². The lowest BCUT2D eigenvalue weighted by Crippen LogP contribution is -2.29. The summed E-state index contributed by atoms with van der Waals surface area (Å²) in [4.78, 5) is 9.15. The van der Waals surface area contributed by atoms with E-state index in [4.69, 9.17) is 0 Å². The summed E-state index contributed by atoms with van der Waals surface area (Å²) >= 11 is 0. The van der Waals surface area contributed by atoms with Gasteiger partial charge in [0.05, 0.1) is 5.69 Å². The maximum Gasteiger partial charge on any atom is 0.151 e. The van der Waals surface area contributed by atoms with Crippen molar-refractivity contribution < 1.29 is 0 Å². The molecule has 0 unspecified atom stereocenters. The molecule has 2 aliphatic heterocycles. The molecule has 5 nitrogen and oxygen atoms in total. The lowest BCUT2D eigenvalue weighted by Gasteiger charge is -2.22. The van der Waals surface area contributed by atoms with Gasteiger partial charge in [-0.15, -0.1) is 10.2 Å². The number of nitrogens with zero attached hydrogens (tertiary/aromatic N) is 5. The van der Waals surface area contributed by atoms with Crippen LogP contribution in [-0.4, -0.2) is 46.3 Å². The van der Waals surface area contributed by atoms with Gasteiger partial charge in [0.1, 0.15) is 0 Å². The monoisotopic (exact) mass is 357 g/mol. The maximum absolute atomic E-state index is 4.49. The second-order valence-electron chi connectivity index (χ2n) is 7.62. The average Bonchev–Trinajstić information content (AvgIpc) is 3.28. The van der Waals surface area contributed by atoms with Crippen LogP contribution in [0.3, 0.4) is 0 Å². The standard InChI is InChI=1S/C22H23N5/c1-2-5-17(6-3-1)12-26-13-19-15-27(16-20(19)14-26)22-9-8-21(24-25-22)18-7-4-10-23-11-18/h1-11,19-20H,12-16H2/t19-,20-/m0/s1. The van der Waals surface area contributed by atoms with E-state index in [1.54, 1.807) is 6.20 Å². The van der Waals surface area contributed by atoms with Gasteiger partial charge in [0.25, 0.3) is 0 Å². The first-order chi connectivity index (χ1) is 13.3. The van der Waals surface area contributed by atoms with Gasteiger partial charge in [-0.3, -0.25) is 9.88 Å². The molecule has 0 aliphatic carbocycles. The lowest BCUT2D eigenvalue weighted by atomic mass is 10.0. The molecule has 2 aliphatic rings. The molecule has 5 rings (SSSR count). The third kappa shape index (κ3) is 3.43. The van der Waals surface area contributed by atoms with Crippen molar-refractivity contribution in [3.63, 3.8) is 0 Å². The van der Waals surface area contributed by atoms with Crippen molar-refractivity contribution in [3.05, 3.63) is 72.6 Å². The van der Waals surface area contributed by atoms with Gasteiger partial charge in [-0.2, -0.15) is 0 Å². The summed E-state index contributed by atoms with van der Waals surface area (Å²) in [6.07, 6.45) is 3.60. The highest BCUT2D eigenvalue weighted by molar-refractivity contribution is 5.58. The molecule has 136 valence electrons. The Hall–Kier alpha value is -2.79. The molecule has 3 aromatic rings. The van der Waals surface area contributed by atoms with Crippen molar-refractivity contribution in [2.24, 2.45) is 11.8 Å². The highest BCUT2D eigenvalue weighted by Gasteiger charge is 2.40. The summed E-state index contributed by atoms with van der Waals surface area (Å²) in [6.45, 7) is 5.58. The molecule has 0 bridgehead atoms. The minimum Gasteiger partial charge on any atom is -0.354 e. The first-order valence-electron chi connectivity index (χ1n) is 9.60. The predicted octanol–water partition coefficient (Wildman–Crippen LogP) is 3.11. The van der Waals surface area contributed by atoms with E-state index in [-0.39, 0.29) is 0 Å². The van der Waals surface area contributed by atoms with Gasteiger partial charge < -0.3 is 4.90 Å². The molecule has 0 amide bonds. The lowest BCUT2D eigenvalue weighted by molar-refractivity contribution is 0.309. The van der Waals surface area contributed by atoms with Crippen LogP contribution in [0.2, 0.25) is 0 Å². The molecule has 1 aromatic carbocycles. The minimum atomic E-state index is 0.730. The van der Waals surface area contributed by atoms with Gasteiger partial charge in [0, 0.05) is 50.7 Å². The predicted molar refractivity (Wildman–Crippen MR) is 106 cm³/mol. The first-order valence-corrected chi connectivity index (χ1v) is 9.60. The molecule has 2 atom stereocenters. The van der Waals surface area contributed by atoms with E-state index in [0.29, 0.717) is 0 Å². The van der Waals surface area contributed by atoms with E-state index >= 15 is 0 Å². The Morgan fingerprint density at radius 2 is 1.63 bits per heavy atom. The Morgan fingerprint density at radius 1 is 0.815 bits per heavy atom. The zero-order valence-corrected chi connectivity index (χ0v) is 15.3. The van der Waals surface area contributed by atoms with E-state index in [9.17, 15) is 0 Å². The number of anilines is 1. The summed E-state index contributed by atoms with van der Waals surface area (Å²) in [7, 11) is 0. The number of rotatable bonds is 4. The summed E-state index contributed by atoms with van der Waals surface area (Å²) in [5.74, 6) is 2.45. The zero-order valence-electron chi connectivity index (χ0n) is 15.3. The van der Waals surface area contributed by atoms with E-state index < -0.39 is 0 Å². The average molecular weight is 357 g/mol. The Labute approximate surface area is 159 Å². The molecule has 0 radical (unpaired) electrons. The quantitative estimate of drug-likeness (QED) is 0.718. The van der Waals surface area contributed by atoms with Crippen LogP contribution in [0.5, 0.6) is 0 Å². The fraction of sp³-hybridized carbons (Fsp3) is 0.318. The van der Waals surface area contributed by atoms with Crippen molar-refractivity contribution in [1.82, 2.24) is 20.1 Å². The highest BCUT2D eigenvalue weighted by Crippen LogP contribution is 2.34. The molecular weight excluding hydrogens is 334 g/mol. The first kappa shape index (κ1) is 16.4. The van der Waals surface area contributed by atoms with Gasteiger partial charge in [-0.05, 0) is 41.7 Å². The molecule has 0 spiro atoms. The molecular formula is C22H23N5. The molecule has 2 aromatic heterocycles. The van der Waals surface area contributed by atoms with Crippen LogP contribution in [0.4, 0.5) is 5.82 Å². The Bertz CT molecular complexity index is 868. The van der Waals surface area contributed by atoms with Crippen molar-refractivity contribution in [1.29, 1.82) is 0 Å². The number of hydrogen-bond acceptors (Lipinski definition) is 5. The van der Waals surface area contributed by atoms with Crippen LogP contribution < -0.4 is 4.90 Å². The van der Waals surface area contributed by atoms with Crippen molar-refractivity contribution >= 4 is 5.82 Å². The van der Waals surface area contributed by atoms with Gasteiger partial charge in [0.2, 0.25) is 0 Å². The fourth-order valence-corrected chi connectivity index (χ4v) is 4.41. The van der Waals surface area contributed by atoms with E-state index in [1.807, 2.05) is 18.3 Å². The number of fused-ring (bicyclic) bond motifs is 1. The highest BCUT2D eigenvalue weighted by atomic mass is 15.3. The van der Waals surface area contributed by atoms with Crippen molar-refractivity contribution in [3.8, 4) is 11.3 Å². The maximum atomic E-state index is 4.49. The van der Waals surface area contributed by atoms with E-state index in [2.05, 4.69) is 67.4 Å². The molecule has 2 fully saturated rings. The molecule has 0 saturated carbocycles. The van der Waals surface area contributed by atoms with Crippen LogP contribution in [-0.2, 0) is 6.54 Å². The molecule has 4 heterocycles. The Kier molecular flexibility index (Phi) is 4.30. The number of aromatic nitrogens is 3. The number of pyridine rings is 1. The molecule has 2 saturated heterocycles. The van der Waals surface area contributed by atoms with Gasteiger partial charge in [0.15, 0.2) is 5.82 Å². The second-order valence-corrected chi connectivity index (χ2v) is 7.62. The fourth-order valence-electron chi connectivity index (χ4n) is 4.41. The normalized spacial score (nSPS) is 22.1. The zero-order chi connectivity index (χ0) is 18.1. The second kappa shape index (κ2) is 7.08. The van der Waals surface area contributed by atoms with Crippen LogP contribution in [0.15, 0.2) is 67.0 Å². The Balaban J connectivity index is 1.21. The minimum absolute atomic E-state index is 0.730. The van der Waals surface area contributed by atoms with Gasteiger partial charge >= 0.3 is 0 Å². The topological polar surface area (TPSA) is 45.2 Å². The number of hydrogen-bond donors (Lipinski definition) is 0. The van der Waals surface area contributed by atoms with Crippen LogP contribution in [0, 0.1) is 11.8 Å². The summed E-state index contributed by atoms with van der Waals surface area (Å²) < 4.78 is 0. The van der Waals surface area contributed by atoms with Gasteiger partial charge in [-0.1, -0.05) is 30.3 Å². The SMILES string of the molecule is c1ccc(CN2C[C@H]3CN(c4ccc(-c5cccnc5)nn4)C[C@@H]3C2)cc1. The van der Waals surface area contributed by atoms with Crippen molar-refractivity contribution in [2.45, 2.75) is 6.54 Å². The van der Waals surface area contributed by atoms with E-state index in [1.165, 1.54) is 18.7 Å². The third-order valence-corrected chi connectivity index (χ3v) is 5.74.